The Morgan fingerprint density at radius 1 is 1.50 bits per heavy atom. The van der Waals surface area contributed by atoms with Crippen LogP contribution in [-0.2, 0) is 0 Å². The van der Waals surface area contributed by atoms with Gasteiger partial charge in [-0.3, -0.25) is 4.79 Å². The number of hydrogen-bond acceptors (Lipinski definition) is 2. The van der Waals surface area contributed by atoms with Gasteiger partial charge in [-0.1, -0.05) is 18.5 Å². The van der Waals surface area contributed by atoms with Crippen LogP contribution in [-0.4, -0.2) is 23.9 Å². The van der Waals surface area contributed by atoms with E-state index in [0.29, 0.717) is 17.1 Å². The van der Waals surface area contributed by atoms with Crippen molar-refractivity contribution in [3.05, 3.63) is 35.0 Å². The van der Waals surface area contributed by atoms with Crippen molar-refractivity contribution in [2.45, 2.75) is 6.92 Å². The standard InChI is InChI=1S/C12H13ClN2O/c1-2-14-7-12(16)10-6-15-11-4-3-8(13)5-9(10)11/h3-6,14-15H,2,7H2,1H3. The largest absolute Gasteiger partial charge is 0.360 e. The van der Waals surface area contributed by atoms with Gasteiger partial charge in [0.15, 0.2) is 5.78 Å². The highest BCUT2D eigenvalue weighted by Crippen LogP contribution is 2.22. The second-order valence-electron chi connectivity index (χ2n) is 3.60. The molecule has 3 nitrogen and oxygen atoms in total. The molecule has 0 saturated heterocycles. The molecular weight excluding hydrogens is 224 g/mol. The molecule has 0 aliphatic carbocycles. The van der Waals surface area contributed by atoms with Gasteiger partial charge in [0.2, 0.25) is 0 Å². The number of rotatable bonds is 4. The van der Waals surface area contributed by atoms with Crippen LogP contribution in [0.3, 0.4) is 0 Å². The number of Topliss-reactive ketones (excluding diaryl/α,β-unsaturated/α-hetero) is 1. The third-order valence-electron chi connectivity index (χ3n) is 2.48. The highest BCUT2D eigenvalue weighted by atomic mass is 35.5. The monoisotopic (exact) mass is 236 g/mol. The number of fused-ring (bicyclic) bond motifs is 1. The van der Waals surface area contributed by atoms with E-state index in [0.717, 1.165) is 17.4 Å². The zero-order valence-electron chi connectivity index (χ0n) is 9.01. The molecule has 0 radical (unpaired) electrons. The Labute approximate surface area is 98.8 Å². The summed E-state index contributed by atoms with van der Waals surface area (Å²) in [6.45, 7) is 3.12. The number of aromatic nitrogens is 1. The number of nitrogens with one attached hydrogen (secondary N) is 2. The van der Waals surface area contributed by atoms with Crippen molar-refractivity contribution >= 4 is 28.3 Å². The molecule has 0 bridgehead atoms. The summed E-state index contributed by atoms with van der Waals surface area (Å²) in [5.74, 6) is 0.0790. The molecule has 0 fully saturated rings. The molecule has 2 rings (SSSR count). The first-order valence-corrected chi connectivity index (χ1v) is 5.60. The van der Waals surface area contributed by atoms with Crippen LogP contribution in [0.25, 0.3) is 10.9 Å². The van der Waals surface area contributed by atoms with Crippen LogP contribution in [0.2, 0.25) is 5.02 Å². The van der Waals surface area contributed by atoms with Crippen molar-refractivity contribution in [1.29, 1.82) is 0 Å². The van der Waals surface area contributed by atoms with Gasteiger partial charge in [0.25, 0.3) is 0 Å². The number of carbonyl (C=O) groups excluding carboxylic acids is 1. The number of benzene rings is 1. The SMILES string of the molecule is CCNCC(=O)c1c[nH]c2ccc(Cl)cc12. The summed E-state index contributed by atoms with van der Waals surface area (Å²) in [7, 11) is 0. The van der Waals surface area contributed by atoms with Crippen LogP contribution < -0.4 is 5.32 Å². The number of halogens is 1. The fraction of sp³-hybridized carbons (Fsp3) is 0.250. The fourth-order valence-corrected chi connectivity index (χ4v) is 1.83. The highest BCUT2D eigenvalue weighted by molar-refractivity contribution is 6.31. The second-order valence-corrected chi connectivity index (χ2v) is 4.03. The van der Waals surface area contributed by atoms with Gasteiger partial charge in [-0.2, -0.15) is 0 Å². The Morgan fingerprint density at radius 2 is 2.31 bits per heavy atom. The van der Waals surface area contributed by atoms with Gasteiger partial charge < -0.3 is 10.3 Å². The Bertz CT molecular complexity index is 519. The molecular formula is C12H13ClN2O. The average molecular weight is 237 g/mol. The highest BCUT2D eigenvalue weighted by Gasteiger charge is 2.11. The fourth-order valence-electron chi connectivity index (χ4n) is 1.66. The molecule has 4 heteroatoms. The van der Waals surface area contributed by atoms with Crippen molar-refractivity contribution in [1.82, 2.24) is 10.3 Å². The number of likely N-dealkylation sites (N-methyl/N-ethyl adjacent to an activating group) is 1. The third kappa shape index (κ3) is 2.10. The van der Waals surface area contributed by atoms with E-state index < -0.39 is 0 Å². The number of H-pyrrole nitrogens is 1. The summed E-state index contributed by atoms with van der Waals surface area (Å²) in [6, 6.07) is 5.49. The van der Waals surface area contributed by atoms with Crippen molar-refractivity contribution in [3.8, 4) is 0 Å². The number of aromatic amines is 1. The van der Waals surface area contributed by atoms with Crippen LogP contribution in [0.15, 0.2) is 24.4 Å². The van der Waals surface area contributed by atoms with Gasteiger partial charge in [-0.05, 0) is 24.7 Å². The van der Waals surface area contributed by atoms with E-state index in [-0.39, 0.29) is 5.78 Å². The van der Waals surface area contributed by atoms with E-state index >= 15 is 0 Å². The molecule has 0 atom stereocenters. The molecule has 16 heavy (non-hydrogen) atoms. The second kappa shape index (κ2) is 4.68. The molecule has 0 aliphatic heterocycles. The summed E-state index contributed by atoms with van der Waals surface area (Å²) >= 11 is 5.92. The lowest BCUT2D eigenvalue weighted by Gasteiger charge is -2.00. The summed E-state index contributed by atoms with van der Waals surface area (Å²) in [5.41, 5.74) is 1.63. The first kappa shape index (κ1) is 11.2. The van der Waals surface area contributed by atoms with Crippen LogP contribution >= 0.6 is 11.6 Å². The van der Waals surface area contributed by atoms with Gasteiger partial charge in [0, 0.05) is 27.7 Å². The van der Waals surface area contributed by atoms with Gasteiger partial charge >= 0.3 is 0 Å². The topological polar surface area (TPSA) is 44.9 Å². The van der Waals surface area contributed by atoms with E-state index in [2.05, 4.69) is 10.3 Å². The van der Waals surface area contributed by atoms with Crippen molar-refractivity contribution in [2.24, 2.45) is 0 Å². The number of ketones is 1. The van der Waals surface area contributed by atoms with Crippen LogP contribution in [0, 0.1) is 0 Å². The minimum absolute atomic E-state index is 0.0790. The molecule has 2 N–H and O–H groups in total. The van der Waals surface area contributed by atoms with E-state index in [9.17, 15) is 4.79 Å². The minimum Gasteiger partial charge on any atom is -0.360 e. The first-order valence-electron chi connectivity index (χ1n) is 5.23. The maximum absolute atomic E-state index is 11.9. The number of carbonyl (C=O) groups is 1. The summed E-state index contributed by atoms with van der Waals surface area (Å²) in [6.07, 6.45) is 1.74. The van der Waals surface area contributed by atoms with Crippen molar-refractivity contribution in [3.63, 3.8) is 0 Å². The Balaban J connectivity index is 2.37. The van der Waals surface area contributed by atoms with Gasteiger partial charge in [-0.25, -0.2) is 0 Å². The maximum atomic E-state index is 11.9. The smallest absolute Gasteiger partial charge is 0.178 e. The van der Waals surface area contributed by atoms with E-state index in [1.807, 2.05) is 19.1 Å². The lowest BCUT2D eigenvalue weighted by Crippen LogP contribution is -2.22. The lowest BCUT2D eigenvalue weighted by atomic mass is 10.1. The molecule has 0 saturated carbocycles. The molecule has 0 unspecified atom stereocenters. The summed E-state index contributed by atoms with van der Waals surface area (Å²) in [4.78, 5) is 14.9. The maximum Gasteiger partial charge on any atom is 0.178 e. The average Bonchev–Trinajstić information content (AvgIpc) is 2.68. The normalized spacial score (nSPS) is 10.9. The lowest BCUT2D eigenvalue weighted by molar-refractivity contribution is 0.0993. The Kier molecular flexibility index (Phi) is 3.27. The third-order valence-corrected chi connectivity index (χ3v) is 2.71. The van der Waals surface area contributed by atoms with Crippen LogP contribution in [0.4, 0.5) is 0 Å². The molecule has 0 spiro atoms. The first-order chi connectivity index (χ1) is 7.72. The zero-order valence-corrected chi connectivity index (χ0v) is 9.77. The van der Waals surface area contributed by atoms with E-state index in [1.165, 1.54) is 0 Å². The van der Waals surface area contributed by atoms with Gasteiger partial charge in [-0.15, -0.1) is 0 Å². The molecule has 2 aromatic rings. The predicted molar refractivity (Wildman–Crippen MR) is 66.2 cm³/mol. The van der Waals surface area contributed by atoms with E-state index in [4.69, 9.17) is 11.6 Å². The molecule has 0 aliphatic rings. The van der Waals surface area contributed by atoms with Gasteiger partial charge in [0.1, 0.15) is 0 Å². The number of hydrogen-bond donors (Lipinski definition) is 2. The van der Waals surface area contributed by atoms with Gasteiger partial charge in [0.05, 0.1) is 6.54 Å². The Hall–Kier alpha value is -1.32. The molecule has 0 amide bonds. The summed E-state index contributed by atoms with van der Waals surface area (Å²) in [5, 5.41) is 4.55. The van der Waals surface area contributed by atoms with Crippen LogP contribution in [0.5, 0.6) is 0 Å². The minimum atomic E-state index is 0.0790. The predicted octanol–water partition coefficient (Wildman–Crippen LogP) is 2.61. The van der Waals surface area contributed by atoms with Crippen molar-refractivity contribution in [2.75, 3.05) is 13.1 Å². The van der Waals surface area contributed by atoms with E-state index in [1.54, 1.807) is 12.3 Å². The molecule has 1 aromatic carbocycles. The molecule has 84 valence electrons. The van der Waals surface area contributed by atoms with Crippen molar-refractivity contribution < 1.29 is 4.79 Å². The van der Waals surface area contributed by atoms with Crippen LogP contribution in [0.1, 0.15) is 17.3 Å². The zero-order chi connectivity index (χ0) is 11.5. The molecule has 1 aromatic heterocycles. The molecule has 1 heterocycles. The quantitative estimate of drug-likeness (QED) is 0.802. The summed E-state index contributed by atoms with van der Waals surface area (Å²) < 4.78 is 0. The Morgan fingerprint density at radius 3 is 3.06 bits per heavy atom.